The second-order valence-corrected chi connectivity index (χ2v) is 5.91. The molecular weight excluding hydrogens is 260 g/mol. The molecule has 1 aliphatic carbocycles. The van der Waals surface area contributed by atoms with Gasteiger partial charge in [-0.3, -0.25) is 10.1 Å². The molecule has 0 radical (unpaired) electrons. The average molecular weight is 278 g/mol. The van der Waals surface area contributed by atoms with Crippen LogP contribution in [0.3, 0.4) is 0 Å². The van der Waals surface area contributed by atoms with Gasteiger partial charge in [0.2, 0.25) is 0 Å². The molecule has 0 saturated heterocycles. The number of hydrogen-bond acceptors (Lipinski definition) is 5. The van der Waals surface area contributed by atoms with Crippen LogP contribution in [0.4, 0.5) is 11.4 Å². The lowest BCUT2D eigenvalue weighted by atomic mass is 10.1. The summed E-state index contributed by atoms with van der Waals surface area (Å²) < 4.78 is 5.21. The van der Waals surface area contributed by atoms with Crippen molar-refractivity contribution in [2.75, 3.05) is 5.32 Å². The summed E-state index contributed by atoms with van der Waals surface area (Å²) in [5.74, 6) is -0.557. The van der Waals surface area contributed by atoms with Crippen LogP contribution >= 0.6 is 0 Å². The Morgan fingerprint density at radius 1 is 1.40 bits per heavy atom. The number of carbonyl (C=O) groups is 1. The maximum atomic E-state index is 11.9. The number of carbonyl (C=O) groups excluding carboxylic acids is 1. The molecule has 1 aromatic carbocycles. The van der Waals surface area contributed by atoms with Gasteiger partial charge in [-0.25, -0.2) is 4.79 Å². The summed E-state index contributed by atoms with van der Waals surface area (Å²) in [5, 5.41) is 14.2. The lowest BCUT2D eigenvalue weighted by molar-refractivity contribution is -0.384. The Balaban J connectivity index is 2.24. The van der Waals surface area contributed by atoms with Crippen LogP contribution in [-0.4, -0.2) is 22.5 Å². The third-order valence-corrected chi connectivity index (χ3v) is 2.77. The average Bonchev–Trinajstić information content (AvgIpc) is 3.10. The van der Waals surface area contributed by atoms with Crippen molar-refractivity contribution in [1.29, 1.82) is 0 Å². The SMILES string of the molecule is CC(C)(C)OC(=O)c1ccc(NC2CC2)c([N+](=O)[O-])c1. The minimum Gasteiger partial charge on any atom is -0.456 e. The molecule has 0 aliphatic heterocycles. The van der Waals surface area contributed by atoms with Crippen LogP contribution in [0, 0.1) is 10.1 Å². The second kappa shape index (κ2) is 5.11. The molecule has 1 fully saturated rings. The number of rotatable bonds is 4. The monoisotopic (exact) mass is 278 g/mol. The van der Waals surface area contributed by atoms with Crippen LogP contribution in [-0.2, 0) is 4.74 Å². The van der Waals surface area contributed by atoms with E-state index in [0.717, 1.165) is 12.8 Å². The van der Waals surface area contributed by atoms with Gasteiger partial charge in [-0.1, -0.05) is 0 Å². The number of nitro benzene ring substituents is 1. The molecule has 0 unspecified atom stereocenters. The van der Waals surface area contributed by atoms with Crippen molar-refractivity contribution >= 4 is 17.3 Å². The highest BCUT2D eigenvalue weighted by Crippen LogP contribution is 2.31. The topological polar surface area (TPSA) is 81.5 Å². The van der Waals surface area contributed by atoms with Crippen LogP contribution in [0.25, 0.3) is 0 Å². The lowest BCUT2D eigenvalue weighted by Gasteiger charge is -2.19. The highest BCUT2D eigenvalue weighted by atomic mass is 16.6. The summed E-state index contributed by atoms with van der Waals surface area (Å²) in [6, 6.07) is 4.68. The Hall–Kier alpha value is -2.11. The van der Waals surface area contributed by atoms with E-state index in [4.69, 9.17) is 4.74 Å². The van der Waals surface area contributed by atoms with Crippen molar-refractivity contribution in [2.24, 2.45) is 0 Å². The molecule has 0 bridgehead atoms. The quantitative estimate of drug-likeness (QED) is 0.520. The first-order chi connectivity index (χ1) is 9.26. The van der Waals surface area contributed by atoms with Gasteiger partial charge in [0.05, 0.1) is 10.5 Å². The number of hydrogen-bond donors (Lipinski definition) is 1. The lowest BCUT2D eigenvalue weighted by Crippen LogP contribution is -2.24. The smallest absolute Gasteiger partial charge is 0.338 e. The summed E-state index contributed by atoms with van der Waals surface area (Å²) in [7, 11) is 0. The van der Waals surface area contributed by atoms with E-state index in [1.165, 1.54) is 6.07 Å². The zero-order chi connectivity index (χ0) is 14.9. The van der Waals surface area contributed by atoms with Crippen molar-refractivity contribution in [3.63, 3.8) is 0 Å². The molecule has 1 aliphatic rings. The molecule has 6 nitrogen and oxygen atoms in total. The molecule has 20 heavy (non-hydrogen) atoms. The molecule has 0 amide bonds. The van der Waals surface area contributed by atoms with E-state index >= 15 is 0 Å². The zero-order valence-corrected chi connectivity index (χ0v) is 11.8. The largest absolute Gasteiger partial charge is 0.456 e. The molecule has 0 spiro atoms. The van der Waals surface area contributed by atoms with Crippen LogP contribution in [0.2, 0.25) is 0 Å². The number of nitrogens with zero attached hydrogens (tertiary/aromatic N) is 1. The van der Waals surface area contributed by atoms with E-state index in [0.29, 0.717) is 11.7 Å². The van der Waals surface area contributed by atoms with Crippen molar-refractivity contribution in [2.45, 2.75) is 45.3 Å². The Labute approximate surface area is 117 Å². The Morgan fingerprint density at radius 2 is 2.05 bits per heavy atom. The van der Waals surface area contributed by atoms with Crippen LogP contribution in [0.1, 0.15) is 44.0 Å². The predicted octanol–water partition coefficient (Wildman–Crippen LogP) is 3.12. The Morgan fingerprint density at radius 3 is 2.55 bits per heavy atom. The zero-order valence-electron chi connectivity index (χ0n) is 11.8. The highest BCUT2D eigenvalue weighted by Gasteiger charge is 2.26. The summed E-state index contributed by atoms with van der Waals surface area (Å²) in [6.45, 7) is 5.26. The van der Waals surface area contributed by atoms with Gasteiger partial charge < -0.3 is 10.1 Å². The first-order valence-electron chi connectivity index (χ1n) is 6.54. The molecule has 108 valence electrons. The van der Waals surface area contributed by atoms with Crippen molar-refractivity contribution in [3.05, 3.63) is 33.9 Å². The van der Waals surface area contributed by atoms with Crippen LogP contribution < -0.4 is 5.32 Å². The van der Waals surface area contributed by atoms with Gasteiger partial charge in [-0.15, -0.1) is 0 Å². The molecule has 0 atom stereocenters. The number of esters is 1. The van der Waals surface area contributed by atoms with E-state index in [2.05, 4.69) is 5.32 Å². The first kappa shape index (κ1) is 14.3. The third kappa shape index (κ3) is 3.69. The van der Waals surface area contributed by atoms with Gasteiger partial charge in [0.15, 0.2) is 0 Å². The fraction of sp³-hybridized carbons (Fsp3) is 0.500. The minimum absolute atomic E-state index is 0.0970. The Bertz CT molecular complexity index is 545. The second-order valence-electron chi connectivity index (χ2n) is 5.91. The summed E-state index contributed by atoms with van der Waals surface area (Å²) in [5.41, 5.74) is -0.0883. The fourth-order valence-electron chi connectivity index (χ4n) is 1.72. The molecule has 6 heteroatoms. The molecule has 1 aromatic rings. The summed E-state index contributed by atoms with van der Waals surface area (Å²) in [4.78, 5) is 22.5. The van der Waals surface area contributed by atoms with Crippen molar-refractivity contribution in [1.82, 2.24) is 0 Å². The molecule has 1 saturated carbocycles. The predicted molar refractivity (Wildman–Crippen MR) is 74.9 cm³/mol. The third-order valence-electron chi connectivity index (χ3n) is 2.77. The number of ether oxygens (including phenoxy) is 1. The number of anilines is 1. The van der Waals surface area contributed by atoms with Gasteiger partial charge in [-0.05, 0) is 45.7 Å². The molecule has 2 rings (SSSR count). The number of benzene rings is 1. The van der Waals surface area contributed by atoms with Gasteiger partial charge in [0.25, 0.3) is 5.69 Å². The van der Waals surface area contributed by atoms with E-state index < -0.39 is 16.5 Å². The van der Waals surface area contributed by atoms with Crippen molar-refractivity contribution in [3.8, 4) is 0 Å². The van der Waals surface area contributed by atoms with Gasteiger partial charge in [0, 0.05) is 12.1 Å². The molecular formula is C14H18N2O4. The van der Waals surface area contributed by atoms with Gasteiger partial charge >= 0.3 is 5.97 Å². The number of nitrogens with one attached hydrogen (secondary N) is 1. The fourth-order valence-corrected chi connectivity index (χ4v) is 1.72. The normalized spacial score (nSPS) is 14.8. The summed E-state index contributed by atoms with van der Waals surface area (Å²) >= 11 is 0. The molecule has 1 N–H and O–H groups in total. The van der Waals surface area contributed by atoms with E-state index in [-0.39, 0.29) is 11.3 Å². The van der Waals surface area contributed by atoms with Gasteiger partial charge in [-0.2, -0.15) is 0 Å². The van der Waals surface area contributed by atoms with Crippen LogP contribution in [0.15, 0.2) is 18.2 Å². The standard InChI is InChI=1S/C14H18N2O4/c1-14(2,3)20-13(17)9-4-7-11(15-10-5-6-10)12(8-9)16(18)19/h4,7-8,10,15H,5-6H2,1-3H3. The molecule has 0 aromatic heterocycles. The maximum absolute atomic E-state index is 11.9. The van der Waals surface area contributed by atoms with Crippen molar-refractivity contribution < 1.29 is 14.5 Å². The van der Waals surface area contributed by atoms with Gasteiger partial charge in [0.1, 0.15) is 11.3 Å². The number of nitro groups is 1. The van der Waals surface area contributed by atoms with Crippen LogP contribution in [0.5, 0.6) is 0 Å². The molecule has 0 heterocycles. The highest BCUT2D eigenvalue weighted by molar-refractivity contribution is 5.91. The van der Waals surface area contributed by atoms with E-state index in [1.54, 1.807) is 32.9 Å². The first-order valence-corrected chi connectivity index (χ1v) is 6.54. The minimum atomic E-state index is -0.628. The maximum Gasteiger partial charge on any atom is 0.338 e. The Kier molecular flexibility index (Phi) is 3.65. The van der Waals surface area contributed by atoms with E-state index in [9.17, 15) is 14.9 Å². The van der Waals surface area contributed by atoms with E-state index in [1.807, 2.05) is 0 Å². The summed E-state index contributed by atoms with van der Waals surface area (Å²) in [6.07, 6.45) is 2.04.